The summed E-state index contributed by atoms with van der Waals surface area (Å²) in [4.78, 5) is 20.6. The number of benzene rings is 2. The number of aryl methyl sites for hydroxylation is 2. The molecule has 0 bridgehead atoms. The summed E-state index contributed by atoms with van der Waals surface area (Å²) < 4.78 is 5.54. The van der Waals surface area contributed by atoms with E-state index in [9.17, 15) is 4.79 Å². The summed E-state index contributed by atoms with van der Waals surface area (Å²) in [6.45, 7) is 8.10. The first kappa shape index (κ1) is 20.3. The summed E-state index contributed by atoms with van der Waals surface area (Å²) in [5, 5.41) is 7.26. The Morgan fingerprint density at radius 2 is 2.00 bits per heavy atom. The minimum atomic E-state index is -0.219. The lowest BCUT2D eigenvalue weighted by Gasteiger charge is -2.10. The number of nitrogens with one attached hydrogen (secondary N) is 2. The van der Waals surface area contributed by atoms with E-state index in [1.807, 2.05) is 56.3 Å². The van der Waals surface area contributed by atoms with Crippen LogP contribution in [-0.2, 0) is 11.2 Å². The van der Waals surface area contributed by atoms with Crippen LogP contribution >= 0.6 is 0 Å². The molecule has 6 nitrogen and oxygen atoms in total. The van der Waals surface area contributed by atoms with Crippen molar-refractivity contribution in [2.24, 2.45) is 0 Å². The van der Waals surface area contributed by atoms with Gasteiger partial charge >= 0.3 is 0 Å². The van der Waals surface area contributed by atoms with E-state index >= 15 is 0 Å². The maximum absolute atomic E-state index is 11.5. The van der Waals surface area contributed by atoms with Gasteiger partial charge < -0.3 is 15.1 Å². The monoisotopic (exact) mass is 412 g/mol. The van der Waals surface area contributed by atoms with Gasteiger partial charge in [0.1, 0.15) is 17.2 Å². The second kappa shape index (κ2) is 8.83. The standard InChI is InChI=1S/C25H24N4O2/c1-4-25(30)29-20-7-5-6-18(12-20)10-11-26-24-14-22(27-17(3)28-24)19-8-9-23-21(13-19)16(2)15-31-23/h4-9,12-15H,1,10-11H2,2-3H3,(H,29,30)(H,26,27,28). The van der Waals surface area contributed by atoms with E-state index in [0.29, 0.717) is 12.4 Å². The van der Waals surface area contributed by atoms with Crippen LogP contribution in [0.1, 0.15) is 17.0 Å². The van der Waals surface area contributed by atoms with Gasteiger partial charge in [-0.15, -0.1) is 0 Å². The number of carbonyl (C=O) groups is 1. The molecule has 0 aliphatic heterocycles. The van der Waals surface area contributed by atoms with Gasteiger partial charge in [0.15, 0.2) is 0 Å². The largest absolute Gasteiger partial charge is 0.464 e. The smallest absolute Gasteiger partial charge is 0.247 e. The number of rotatable bonds is 7. The molecule has 1 amide bonds. The lowest BCUT2D eigenvalue weighted by atomic mass is 10.1. The Bertz CT molecular complexity index is 1260. The van der Waals surface area contributed by atoms with Crippen molar-refractivity contribution in [1.82, 2.24) is 9.97 Å². The quantitative estimate of drug-likeness (QED) is 0.403. The Balaban J connectivity index is 1.46. The summed E-state index contributed by atoms with van der Waals surface area (Å²) in [6, 6.07) is 15.8. The molecule has 156 valence electrons. The van der Waals surface area contributed by atoms with Gasteiger partial charge in [-0.1, -0.05) is 18.7 Å². The van der Waals surface area contributed by atoms with Gasteiger partial charge in [0.2, 0.25) is 5.91 Å². The third-order valence-electron chi connectivity index (χ3n) is 5.00. The van der Waals surface area contributed by atoms with Crippen molar-refractivity contribution in [2.45, 2.75) is 20.3 Å². The molecule has 2 N–H and O–H groups in total. The molecule has 0 aliphatic carbocycles. The van der Waals surface area contributed by atoms with Crippen LogP contribution in [-0.4, -0.2) is 22.4 Å². The highest BCUT2D eigenvalue weighted by molar-refractivity contribution is 5.98. The highest BCUT2D eigenvalue weighted by Crippen LogP contribution is 2.27. The zero-order valence-corrected chi connectivity index (χ0v) is 17.6. The van der Waals surface area contributed by atoms with Gasteiger partial charge in [0.25, 0.3) is 0 Å². The number of aromatic nitrogens is 2. The van der Waals surface area contributed by atoms with E-state index in [4.69, 9.17) is 4.42 Å². The van der Waals surface area contributed by atoms with Crippen molar-refractivity contribution >= 4 is 28.4 Å². The second-order valence-electron chi connectivity index (χ2n) is 7.39. The molecular formula is C25H24N4O2. The molecule has 0 atom stereocenters. The molecule has 0 fully saturated rings. The van der Waals surface area contributed by atoms with Gasteiger partial charge in [0, 0.05) is 29.2 Å². The first-order valence-electron chi connectivity index (χ1n) is 10.1. The summed E-state index contributed by atoms with van der Waals surface area (Å²) in [5.41, 5.74) is 5.74. The van der Waals surface area contributed by atoms with Crippen LogP contribution in [0, 0.1) is 13.8 Å². The van der Waals surface area contributed by atoms with Crippen LogP contribution in [0.4, 0.5) is 11.5 Å². The Hall–Kier alpha value is -3.93. The van der Waals surface area contributed by atoms with Crippen molar-refractivity contribution < 1.29 is 9.21 Å². The van der Waals surface area contributed by atoms with Crippen molar-refractivity contribution in [3.05, 3.63) is 84.4 Å². The Labute approximate surface area is 181 Å². The molecule has 0 unspecified atom stereocenters. The van der Waals surface area contributed by atoms with Crippen LogP contribution in [0.5, 0.6) is 0 Å². The van der Waals surface area contributed by atoms with Crippen LogP contribution in [0.3, 0.4) is 0 Å². The second-order valence-corrected chi connectivity index (χ2v) is 7.39. The number of furan rings is 1. The van der Waals surface area contributed by atoms with E-state index < -0.39 is 0 Å². The van der Waals surface area contributed by atoms with Gasteiger partial charge in [-0.2, -0.15) is 0 Å². The third-order valence-corrected chi connectivity index (χ3v) is 5.00. The van der Waals surface area contributed by atoms with E-state index in [1.165, 1.54) is 6.08 Å². The molecule has 6 heteroatoms. The molecule has 0 radical (unpaired) electrons. The first-order valence-corrected chi connectivity index (χ1v) is 10.1. The Morgan fingerprint density at radius 1 is 1.13 bits per heavy atom. The average Bonchev–Trinajstić information content (AvgIpc) is 3.14. The number of fused-ring (bicyclic) bond motifs is 1. The number of hydrogen-bond donors (Lipinski definition) is 2. The normalized spacial score (nSPS) is 10.8. The topological polar surface area (TPSA) is 80.0 Å². The minimum absolute atomic E-state index is 0.219. The predicted octanol–water partition coefficient (Wildman–Crippen LogP) is 5.29. The molecule has 4 aromatic rings. The number of anilines is 2. The molecule has 2 heterocycles. The van der Waals surface area contributed by atoms with Crippen LogP contribution < -0.4 is 10.6 Å². The SMILES string of the molecule is C=CC(=O)Nc1cccc(CCNc2cc(-c3ccc4occ(C)c4c3)nc(C)n2)c1. The zero-order valence-electron chi connectivity index (χ0n) is 17.6. The van der Waals surface area contributed by atoms with Crippen molar-refractivity contribution in [3.8, 4) is 11.3 Å². The first-order chi connectivity index (χ1) is 15.0. The molecule has 2 aromatic carbocycles. The fourth-order valence-corrected chi connectivity index (χ4v) is 3.45. The van der Waals surface area contributed by atoms with Crippen molar-refractivity contribution in [3.63, 3.8) is 0 Å². The number of amides is 1. The Morgan fingerprint density at radius 3 is 2.84 bits per heavy atom. The van der Waals surface area contributed by atoms with Gasteiger partial charge in [-0.05, 0) is 67.8 Å². The lowest BCUT2D eigenvalue weighted by Crippen LogP contribution is -2.09. The zero-order chi connectivity index (χ0) is 21.8. The van der Waals surface area contributed by atoms with E-state index in [2.05, 4.69) is 33.2 Å². The fourth-order valence-electron chi connectivity index (χ4n) is 3.45. The van der Waals surface area contributed by atoms with Crippen LogP contribution in [0.2, 0.25) is 0 Å². The fraction of sp³-hybridized carbons (Fsp3) is 0.160. The molecule has 0 saturated carbocycles. The summed E-state index contributed by atoms with van der Waals surface area (Å²) >= 11 is 0. The lowest BCUT2D eigenvalue weighted by molar-refractivity contribution is -0.111. The van der Waals surface area contributed by atoms with E-state index in [0.717, 1.165) is 51.3 Å². The Kier molecular flexibility index (Phi) is 5.80. The molecule has 0 saturated heterocycles. The maximum atomic E-state index is 11.5. The van der Waals surface area contributed by atoms with Crippen molar-refractivity contribution in [2.75, 3.05) is 17.2 Å². The van der Waals surface area contributed by atoms with E-state index in [1.54, 1.807) is 6.26 Å². The van der Waals surface area contributed by atoms with Gasteiger partial charge in [-0.25, -0.2) is 9.97 Å². The van der Waals surface area contributed by atoms with Gasteiger partial charge in [0.05, 0.1) is 12.0 Å². The average molecular weight is 412 g/mol. The third kappa shape index (κ3) is 4.80. The summed E-state index contributed by atoms with van der Waals surface area (Å²) in [7, 11) is 0. The number of hydrogen-bond acceptors (Lipinski definition) is 5. The highest BCUT2D eigenvalue weighted by atomic mass is 16.3. The molecule has 0 spiro atoms. The number of carbonyl (C=O) groups excluding carboxylic acids is 1. The summed E-state index contributed by atoms with van der Waals surface area (Å²) in [5.74, 6) is 1.27. The molecule has 2 aromatic heterocycles. The maximum Gasteiger partial charge on any atom is 0.247 e. The minimum Gasteiger partial charge on any atom is -0.464 e. The summed E-state index contributed by atoms with van der Waals surface area (Å²) in [6.07, 6.45) is 3.82. The van der Waals surface area contributed by atoms with Gasteiger partial charge in [-0.3, -0.25) is 4.79 Å². The van der Waals surface area contributed by atoms with Crippen LogP contribution in [0.25, 0.3) is 22.2 Å². The predicted molar refractivity (Wildman–Crippen MR) is 124 cm³/mol. The van der Waals surface area contributed by atoms with Crippen molar-refractivity contribution in [1.29, 1.82) is 0 Å². The molecular weight excluding hydrogens is 388 g/mol. The van der Waals surface area contributed by atoms with Crippen LogP contribution in [0.15, 0.2) is 71.9 Å². The highest BCUT2D eigenvalue weighted by Gasteiger charge is 2.08. The number of nitrogens with zero attached hydrogens (tertiary/aromatic N) is 2. The molecule has 4 rings (SSSR count). The van der Waals surface area contributed by atoms with E-state index in [-0.39, 0.29) is 5.91 Å². The molecule has 31 heavy (non-hydrogen) atoms. The molecule has 0 aliphatic rings.